The Bertz CT molecular complexity index is 570. The molecule has 0 unspecified atom stereocenters. The summed E-state index contributed by atoms with van der Waals surface area (Å²) in [6, 6.07) is 9.85. The number of aromatic hydroxyl groups is 1. The Morgan fingerprint density at radius 1 is 1.30 bits per heavy atom. The largest absolute Gasteiger partial charge is 0.504 e. The van der Waals surface area contributed by atoms with E-state index in [1.54, 1.807) is 30.6 Å². The summed E-state index contributed by atoms with van der Waals surface area (Å²) in [5, 5.41) is 13.1. The number of nitrogens with one attached hydrogen (secondary N) is 1. The summed E-state index contributed by atoms with van der Waals surface area (Å²) >= 11 is 0. The summed E-state index contributed by atoms with van der Waals surface area (Å²) in [5.41, 5.74) is 7.23. The monoisotopic (exact) mass is 365 g/mol. The molecule has 0 aliphatic rings. The molecule has 8 nitrogen and oxygen atoms in total. The van der Waals surface area contributed by atoms with Crippen LogP contribution in [-0.4, -0.2) is 34.9 Å². The Hall–Kier alpha value is -2.62. The van der Waals surface area contributed by atoms with E-state index in [-0.39, 0.29) is 28.0 Å². The molecule has 1 aromatic heterocycles. The predicted molar refractivity (Wildman–Crippen MR) is 82.8 cm³/mol. The van der Waals surface area contributed by atoms with Crippen LogP contribution in [-0.2, 0) is 16.8 Å². The molecule has 9 heteroatoms. The molecule has 1 aromatic carbocycles. The first-order valence-electron chi connectivity index (χ1n) is 5.94. The number of urea groups is 1. The van der Waals surface area contributed by atoms with E-state index in [1.807, 2.05) is 23.6 Å². The van der Waals surface area contributed by atoms with Crippen LogP contribution in [0.4, 0.5) is 4.79 Å². The topological polar surface area (TPSA) is 141 Å². The number of rotatable bonds is 3. The summed E-state index contributed by atoms with van der Waals surface area (Å²) in [4.78, 5) is 14.1. The van der Waals surface area contributed by atoms with Gasteiger partial charge in [0, 0.05) is 34.7 Å². The van der Waals surface area contributed by atoms with Gasteiger partial charge >= 0.3 is 6.03 Å². The van der Waals surface area contributed by atoms with Gasteiger partial charge in [0.1, 0.15) is 0 Å². The third-order valence-electron chi connectivity index (χ3n) is 2.19. The Balaban J connectivity index is 0. The minimum absolute atomic E-state index is 0. The number of para-hydroxylation sites is 1. The molecule has 0 fully saturated rings. The maximum Gasteiger partial charge on any atom is 0.332 e. The van der Waals surface area contributed by atoms with Crippen molar-refractivity contribution in [2.24, 2.45) is 10.8 Å². The van der Waals surface area contributed by atoms with Crippen LogP contribution >= 0.6 is 0 Å². The summed E-state index contributed by atoms with van der Waals surface area (Å²) < 4.78 is 4.89. The molecule has 0 saturated carbocycles. The van der Waals surface area contributed by atoms with E-state index in [1.165, 1.54) is 13.3 Å². The fourth-order valence-corrected chi connectivity index (χ4v) is 1.29. The number of ether oxygens (including phenoxy) is 1. The normalized spacial score (nSPS) is 8.74. The first kappa shape index (κ1) is 22.7. The average molecular weight is 365 g/mol. The first-order valence-corrected chi connectivity index (χ1v) is 5.94. The number of carbonyl (C=O) groups is 1. The number of benzene rings is 1. The number of amides is 2. The van der Waals surface area contributed by atoms with Crippen LogP contribution in [0.15, 0.2) is 53.9 Å². The second-order valence-corrected chi connectivity index (χ2v) is 3.66. The molecule has 1 radical (unpaired) electrons. The Morgan fingerprint density at radius 3 is 2.39 bits per heavy atom. The van der Waals surface area contributed by atoms with Crippen LogP contribution in [0.3, 0.4) is 0 Å². The quantitative estimate of drug-likeness (QED) is 0.542. The van der Waals surface area contributed by atoms with Gasteiger partial charge in [0.2, 0.25) is 0 Å². The van der Waals surface area contributed by atoms with Crippen LogP contribution in [0.25, 0.3) is 0 Å². The van der Waals surface area contributed by atoms with E-state index in [9.17, 15) is 9.90 Å². The van der Waals surface area contributed by atoms with E-state index >= 15 is 0 Å². The Morgan fingerprint density at radius 2 is 1.96 bits per heavy atom. The zero-order chi connectivity index (χ0) is 15.5. The molecule has 2 aromatic rings. The zero-order valence-corrected chi connectivity index (χ0v) is 13.3. The molecule has 0 aliphatic carbocycles. The standard InChI is InChI=1S/C9H11N3O3.C5H5N.Co.H2O/c1-15-7-4-2-3-6(8(7)13)5-11-12-9(10)14;1-2-4-6-5-3-1;;/h2-5,13H,1H3,(H3,10,12,14);1-5H;;1H2/b11-5+;;;. The van der Waals surface area contributed by atoms with Gasteiger partial charge in [0.15, 0.2) is 11.5 Å². The number of nitrogens with zero attached hydrogens (tertiary/aromatic N) is 2. The molecule has 0 spiro atoms. The van der Waals surface area contributed by atoms with Gasteiger partial charge in [0.05, 0.1) is 13.3 Å². The molecule has 0 saturated heterocycles. The van der Waals surface area contributed by atoms with Crippen molar-refractivity contribution in [1.29, 1.82) is 0 Å². The number of aromatic nitrogens is 1. The van der Waals surface area contributed by atoms with Crippen molar-refractivity contribution in [1.82, 2.24) is 10.4 Å². The van der Waals surface area contributed by atoms with Crippen molar-refractivity contribution >= 4 is 12.2 Å². The van der Waals surface area contributed by atoms with Gasteiger partial charge in [-0.2, -0.15) is 5.10 Å². The second-order valence-electron chi connectivity index (χ2n) is 3.66. The number of phenols is 1. The number of nitrogens with two attached hydrogens (primary N) is 1. The molecular formula is C14H18CoN4O4. The van der Waals surface area contributed by atoms with Gasteiger partial charge in [-0.25, -0.2) is 10.2 Å². The van der Waals surface area contributed by atoms with E-state index in [0.29, 0.717) is 11.3 Å². The van der Waals surface area contributed by atoms with Crippen LogP contribution in [0, 0.1) is 0 Å². The number of hydrogen-bond acceptors (Lipinski definition) is 5. The van der Waals surface area contributed by atoms with E-state index in [2.05, 4.69) is 10.1 Å². The smallest absolute Gasteiger partial charge is 0.332 e. The summed E-state index contributed by atoms with van der Waals surface area (Å²) in [6.45, 7) is 0. The van der Waals surface area contributed by atoms with E-state index in [4.69, 9.17) is 10.5 Å². The van der Waals surface area contributed by atoms with Gasteiger partial charge in [-0.1, -0.05) is 12.1 Å². The predicted octanol–water partition coefficient (Wildman–Crippen LogP) is 0.657. The third kappa shape index (κ3) is 9.09. The van der Waals surface area contributed by atoms with Crippen LogP contribution in [0.1, 0.15) is 5.56 Å². The molecule has 0 aliphatic heterocycles. The number of hydrazone groups is 1. The van der Waals surface area contributed by atoms with Gasteiger partial charge in [0.25, 0.3) is 0 Å². The number of phenolic OH excluding ortho intramolecular Hbond substituents is 1. The van der Waals surface area contributed by atoms with Crippen molar-refractivity contribution in [3.8, 4) is 11.5 Å². The first-order chi connectivity index (χ1) is 10.1. The summed E-state index contributed by atoms with van der Waals surface area (Å²) in [7, 11) is 1.44. The Kier molecular flexibility index (Phi) is 12.9. The molecular weight excluding hydrogens is 347 g/mol. The molecule has 127 valence electrons. The Labute approximate surface area is 143 Å². The molecule has 1 heterocycles. The average Bonchev–Trinajstić information content (AvgIpc) is 2.51. The number of pyridine rings is 1. The maximum absolute atomic E-state index is 10.3. The van der Waals surface area contributed by atoms with Crippen molar-refractivity contribution in [3.05, 3.63) is 54.4 Å². The maximum atomic E-state index is 10.3. The molecule has 6 N–H and O–H groups in total. The minimum atomic E-state index is -0.770. The number of methoxy groups -OCH3 is 1. The number of hydrogen-bond donors (Lipinski definition) is 3. The van der Waals surface area contributed by atoms with Crippen LogP contribution in [0.2, 0.25) is 0 Å². The van der Waals surface area contributed by atoms with E-state index in [0.717, 1.165) is 0 Å². The fraction of sp³-hybridized carbons (Fsp3) is 0.0714. The van der Waals surface area contributed by atoms with E-state index < -0.39 is 6.03 Å². The second kappa shape index (κ2) is 13.1. The summed E-state index contributed by atoms with van der Waals surface area (Å²) in [6.07, 6.45) is 4.77. The minimum Gasteiger partial charge on any atom is -0.504 e. The van der Waals surface area contributed by atoms with Crippen molar-refractivity contribution < 1.29 is 36.9 Å². The van der Waals surface area contributed by atoms with Gasteiger partial charge < -0.3 is 21.1 Å². The van der Waals surface area contributed by atoms with Gasteiger partial charge in [-0.15, -0.1) is 0 Å². The van der Waals surface area contributed by atoms with Gasteiger partial charge in [-0.3, -0.25) is 4.98 Å². The van der Waals surface area contributed by atoms with Gasteiger partial charge in [-0.05, 0) is 24.3 Å². The third-order valence-corrected chi connectivity index (χ3v) is 2.19. The molecule has 0 atom stereocenters. The molecule has 2 amide bonds. The molecule has 0 bridgehead atoms. The SMILES string of the molecule is COc1cccc(/C=N/NC(N)=O)c1O.O.[Co].c1ccncc1. The van der Waals surface area contributed by atoms with Crippen molar-refractivity contribution in [3.63, 3.8) is 0 Å². The zero-order valence-electron chi connectivity index (χ0n) is 12.3. The summed E-state index contributed by atoms with van der Waals surface area (Å²) in [5.74, 6) is 0.285. The molecule has 2 rings (SSSR count). The number of primary amides is 1. The molecule has 23 heavy (non-hydrogen) atoms. The fourth-order valence-electron chi connectivity index (χ4n) is 1.29. The number of carbonyl (C=O) groups excluding carboxylic acids is 1. The van der Waals surface area contributed by atoms with Crippen molar-refractivity contribution in [2.75, 3.05) is 7.11 Å². The van der Waals surface area contributed by atoms with Crippen LogP contribution in [0.5, 0.6) is 11.5 Å². The van der Waals surface area contributed by atoms with Crippen LogP contribution < -0.4 is 15.9 Å². The van der Waals surface area contributed by atoms with Crippen molar-refractivity contribution in [2.45, 2.75) is 0 Å².